The summed E-state index contributed by atoms with van der Waals surface area (Å²) in [4.78, 5) is 23.2. The molecule has 1 atom stereocenters. The van der Waals surface area contributed by atoms with Gasteiger partial charge in [-0.05, 0) is 31.2 Å². The molecule has 0 unspecified atom stereocenters. The van der Waals surface area contributed by atoms with Gasteiger partial charge in [0.2, 0.25) is 0 Å². The van der Waals surface area contributed by atoms with E-state index in [1.165, 1.54) is 20.1 Å². The maximum absolute atomic E-state index is 12.0. The van der Waals surface area contributed by atoms with Crippen molar-refractivity contribution in [1.29, 1.82) is 0 Å². The molecule has 0 aliphatic rings. The van der Waals surface area contributed by atoms with Crippen molar-refractivity contribution in [2.24, 2.45) is 0 Å². The lowest BCUT2D eigenvalue weighted by atomic mass is 10.2. The predicted octanol–water partition coefficient (Wildman–Crippen LogP) is 2.89. The summed E-state index contributed by atoms with van der Waals surface area (Å²) < 4.78 is 10.0. The van der Waals surface area contributed by atoms with Crippen LogP contribution in [-0.4, -0.2) is 25.0 Å². The van der Waals surface area contributed by atoms with Crippen LogP contribution in [0.2, 0.25) is 5.02 Å². The molecule has 5 nitrogen and oxygen atoms in total. The van der Waals surface area contributed by atoms with Gasteiger partial charge in [-0.2, -0.15) is 0 Å². The van der Waals surface area contributed by atoms with Crippen LogP contribution in [0.3, 0.4) is 0 Å². The Morgan fingerprint density at radius 3 is 2.62 bits per heavy atom. The highest BCUT2D eigenvalue weighted by molar-refractivity contribution is 6.33. The lowest BCUT2D eigenvalue weighted by Gasteiger charge is -2.09. The summed E-state index contributed by atoms with van der Waals surface area (Å²) in [7, 11) is 1.26. The Morgan fingerprint density at radius 1 is 1.24 bits per heavy atom. The third-order valence-corrected chi connectivity index (χ3v) is 3.20. The van der Waals surface area contributed by atoms with Crippen molar-refractivity contribution in [1.82, 2.24) is 5.32 Å². The number of carbonyl (C=O) groups is 2. The lowest BCUT2D eigenvalue weighted by Crippen LogP contribution is -2.38. The van der Waals surface area contributed by atoms with Crippen LogP contribution < -0.4 is 5.32 Å². The van der Waals surface area contributed by atoms with E-state index >= 15 is 0 Å². The van der Waals surface area contributed by atoms with Crippen LogP contribution in [0.1, 0.15) is 17.5 Å². The number of rotatable bonds is 4. The first-order valence-electron chi connectivity index (χ1n) is 6.26. The molecule has 0 saturated heterocycles. The third-order valence-electron chi connectivity index (χ3n) is 2.87. The van der Waals surface area contributed by atoms with E-state index < -0.39 is 17.9 Å². The molecule has 0 aliphatic heterocycles. The highest BCUT2D eigenvalue weighted by atomic mass is 35.5. The number of amides is 1. The number of furan rings is 1. The Labute approximate surface area is 126 Å². The topological polar surface area (TPSA) is 68.5 Å². The van der Waals surface area contributed by atoms with Gasteiger partial charge in [-0.15, -0.1) is 0 Å². The Balaban J connectivity index is 2.15. The van der Waals surface area contributed by atoms with E-state index in [4.69, 9.17) is 16.0 Å². The number of hydrogen-bond acceptors (Lipinski definition) is 4. The number of hydrogen-bond donors (Lipinski definition) is 1. The van der Waals surface area contributed by atoms with Crippen LogP contribution >= 0.6 is 11.6 Å². The zero-order valence-electron chi connectivity index (χ0n) is 11.6. The Hall–Kier alpha value is -2.27. The van der Waals surface area contributed by atoms with E-state index in [2.05, 4.69) is 10.1 Å². The first-order valence-corrected chi connectivity index (χ1v) is 6.64. The van der Waals surface area contributed by atoms with Gasteiger partial charge in [0.1, 0.15) is 11.8 Å². The molecule has 6 heteroatoms. The fraction of sp³-hybridized carbons (Fsp3) is 0.200. The average Bonchev–Trinajstić information content (AvgIpc) is 2.96. The van der Waals surface area contributed by atoms with Crippen molar-refractivity contribution in [3.8, 4) is 11.3 Å². The van der Waals surface area contributed by atoms with Gasteiger partial charge in [-0.3, -0.25) is 4.79 Å². The SMILES string of the molecule is COC(=O)[C@H](C)NC(=O)c1ccc(-c2ccccc2Cl)o1. The zero-order chi connectivity index (χ0) is 15.4. The second-order valence-electron chi connectivity index (χ2n) is 4.36. The van der Waals surface area contributed by atoms with Gasteiger partial charge in [0.05, 0.1) is 12.1 Å². The molecule has 1 N–H and O–H groups in total. The van der Waals surface area contributed by atoms with Crippen LogP contribution in [-0.2, 0) is 9.53 Å². The quantitative estimate of drug-likeness (QED) is 0.882. The second-order valence-corrected chi connectivity index (χ2v) is 4.77. The molecule has 0 bridgehead atoms. The summed E-state index contributed by atoms with van der Waals surface area (Å²) in [6.45, 7) is 1.53. The maximum Gasteiger partial charge on any atom is 0.328 e. The molecule has 0 radical (unpaired) electrons. The van der Waals surface area contributed by atoms with Gasteiger partial charge in [-0.1, -0.05) is 23.7 Å². The Morgan fingerprint density at radius 2 is 1.95 bits per heavy atom. The number of carbonyl (C=O) groups excluding carboxylic acids is 2. The van der Waals surface area contributed by atoms with Crippen LogP contribution in [0.15, 0.2) is 40.8 Å². The summed E-state index contributed by atoms with van der Waals surface area (Å²) in [5.74, 6) is -0.440. The second kappa shape index (κ2) is 6.45. The number of ether oxygens (including phenoxy) is 1. The standard InChI is InChI=1S/C15H14ClNO4/c1-9(15(19)20-2)17-14(18)13-8-7-12(21-13)10-5-3-4-6-11(10)16/h3-9H,1-2H3,(H,17,18)/t9-/m0/s1. The molecule has 110 valence electrons. The van der Waals surface area contributed by atoms with Gasteiger partial charge in [-0.25, -0.2) is 4.79 Å². The van der Waals surface area contributed by atoms with E-state index in [1.54, 1.807) is 24.3 Å². The number of benzene rings is 1. The van der Waals surface area contributed by atoms with E-state index in [0.29, 0.717) is 16.3 Å². The summed E-state index contributed by atoms with van der Waals surface area (Å²) in [6.07, 6.45) is 0. The maximum atomic E-state index is 12.0. The fourth-order valence-electron chi connectivity index (χ4n) is 1.77. The number of esters is 1. The van der Waals surface area contributed by atoms with E-state index in [-0.39, 0.29) is 5.76 Å². The Bertz CT molecular complexity index is 665. The van der Waals surface area contributed by atoms with Gasteiger partial charge < -0.3 is 14.5 Å². The molecular weight excluding hydrogens is 294 g/mol. The monoisotopic (exact) mass is 307 g/mol. The molecule has 2 aromatic rings. The molecule has 1 heterocycles. The molecule has 1 aromatic heterocycles. The first kappa shape index (κ1) is 15.1. The van der Waals surface area contributed by atoms with Gasteiger partial charge in [0.25, 0.3) is 5.91 Å². The molecule has 21 heavy (non-hydrogen) atoms. The highest BCUT2D eigenvalue weighted by Gasteiger charge is 2.19. The lowest BCUT2D eigenvalue weighted by molar-refractivity contribution is -0.142. The summed E-state index contributed by atoms with van der Waals surface area (Å²) >= 11 is 6.07. The van der Waals surface area contributed by atoms with Crippen LogP contribution in [0, 0.1) is 0 Å². The van der Waals surface area contributed by atoms with Crippen molar-refractivity contribution in [2.75, 3.05) is 7.11 Å². The average molecular weight is 308 g/mol. The van der Waals surface area contributed by atoms with Crippen molar-refractivity contribution in [2.45, 2.75) is 13.0 Å². The van der Waals surface area contributed by atoms with Crippen molar-refractivity contribution in [3.63, 3.8) is 0 Å². The first-order chi connectivity index (χ1) is 10.0. The zero-order valence-corrected chi connectivity index (χ0v) is 12.3. The summed E-state index contributed by atoms with van der Waals surface area (Å²) in [6, 6.07) is 9.58. The minimum Gasteiger partial charge on any atom is -0.467 e. The number of nitrogens with one attached hydrogen (secondary N) is 1. The summed E-state index contributed by atoms with van der Waals surface area (Å²) in [5, 5.41) is 3.02. The van der Waals surface area contributed by atoms with Crippen LogP contribution in [0.4, 0.5) is 0 Å². The normalized spacial score (nSPS) is 11.8. The minimum absolute atomic E-state index is 0.0978. The van der Waals surface area contributed by atoms with Crippen molar-refractivity contribution in [3.05, 3.63) is 47.2 Å². The fourth-order valence-corrected chi connectivity index (χ4v) is 2.00. The minimum atomic E-state index is -0.753. The van der Waals surface area contributed by atoms with Crippen molar-refractivity contribution >= 4 is 23.5 Å². The largest absolute Gasteiger partial charge is 0.467 e. The third kappa shape index (κ3) is 3.44. The van der Waals surface area contributed by atoms with Gasteiger partial charge in [0, 0.05) is 5.56 Å². The highest BCUT2D eigenvalue weighted by Crippen LogP contribution is 2.28. The smallest absolute Gasteiger partial charge is 0.328 e. The van der Waals surface area contributed by atoms with Crippen LogP contribution in [0.25, 0.3) is 11.3 Å². The van der Waals surface area contributed by atoms with Gasteiger partial charge >= 0.3 is 5.97 Å². The molecule has 2 rings (SSSR count). The Kier molecular flexibility index (Phi) is 4.65. The molecule has 0 aliphatic carbocycles. The molecule has 1 aromatic carbocycles. The van der Waals surface area contributed by atoms with E-state index in [0.717, 1.165) is 0 Å². The predicted molar refractivity (Wildman–Crippen MR) is 78.1 cm³/mol. The molecule has 0 fully saturated rings. The van der Waals surface area contributed by atoms with Gasteiger partial charge in [0.15, 0.2) is 5.76 Å². The summed E-state index contributed by atoms with van der Waals surface area (Å²) in [5.41, 5.74) is 0.694. The van der Waals surface area contributed by atoms with Crippen molar-refractivity contribution < 1.29 is 18.7 Å². The van der Waals surface area contributed by atoms with Crippen LogP contribution in [0.5, 0.6) is 0 Å². The molecular formula is C15H14ClNO4. The van der Waals surface area contributed by atoms with E-state index in [9.17, 15) is 9.59 Å². The molecule has 1 amide bonds. The number of halogens is 1. The molecule has 0 spiro atoms. The molecule has 0 saturated carbocycles. The number of methoxy groups -OCH3 is 1. The van der Waals surface area contributed by atoms with E-state index in [1.807, 2.05) is 6.07 Å².